The van der Waals surface area contributed by atoms with Gasteiger partial charge in [0.05, 0.1) is 17.9 Å². The summed E-state index contributed by atoms with van der Waals surface area (Å²) in [6, 6.07) is -1.24. The fourth-order valence-electron chi connectivity index (χ4n) is 4.51. The van der Waals surface area contributed by atoms with Crippen LogP contribution in [0.2, 0.25) is 0 Å². The van der Waals surface area contributed by atoms with Gasteiger partial charge in [-0.3, -0.25) is 9.35 Å². The highest BCUT2D eigenvalue weighted by molar-refractivity contribution is 7.85. The van der Waals surface area contributed by atoms with Crippen LogP contribution in [0.4, 0.5) is 0 Å². The van der Waals surface area contributed by atoms with Crippen molar-refractivity contribution in [2.24, 2.45) is 0 Å². The predicted octanol–water partition coefficient (Wildman–Crippen LogP) is 7.04. The zero-order valence-electron chi connectivity index (χ0n) is 24.9. The molecule has 8 heteroatoms. The lowest BCUT2D eigenvalue weighted by atomic mass is 10.0. The van der Waals surface area contributed by atoms with Crippen molar-refractivity contribution in [2.45, 2.75) is 161 Å². The van der Waals surface area contributed by atoms with Crippen molar-refractivity contribution >= 4 is 16.0 Å². The molecule has 4 N–H and O–H groups in total. The number of unbranched alkanes of at least 4 members (excludes halogenated alkanes) is 16. The predicted molar refractivity (Wildman–Crippen MR) is 162 cm³/mol. The van der Waals surface area contributed by atoms with Crippen molar-refractivity contribution < 1.29 is 28.0 Å². The molecule has 0 aliphatic heterocycles. The number of amides is 1. The summed E-state index contributed by atoms with van der Waals surface area (Å²) in [5, 5.41) is 23.0. The largest absolute Gasteiger partial charge is 0.387 e. The Hall–Kier alpha value is -1.22. The summed E-state index contributed by atoms with van der Waals surface area (Å²) in [5.41, 5.74) is 0. The molecular weight excluding hydrogens is 514 g/mol. The number of nitrogens with one attached hydrogen (secondary N) is 1. The van der Waals surface area contributed by atoms with Crippen molar-refractivity contribution in [1.29, 1.82) is 0 Å². The third-order valence-corrected chi connectivity index (χ3v) is 7.77. The molecule has 3 unspecified atom stereocenters. The highest BCUT2D eigenvalue weighted by Crippen LogP contribution is 2.13. The Kier molecular flexibility index (Phi) is 24.9. The molecule has 0 radical (unpaired) electrons. The van der Waals surface area contributed by atoms with Crippen LogP contribution in [0, 0.1) is 0 Å². The zero-order valence-corrected chi connectivity index (χ0v) is 25.7. The molecule has 0 spiro atoms. The van der Waals surface area contributed by atoms with Gasteiger partial charge < -0.3 is 15.5 Å². The molecule has 0 saturated carbocycles. The van der Waals surface area contributed by atoms with Crippen LogP contribution in [-0.2, 0) is 14.9 Å². The summed E-state index contributed by atoms with van der Waals surface area (Å²) in [6.07, 6.45) is 26.9. The first kappa shape index (κ1) is 37.8. The van der Waals surface area contributed by atoms with E-state index in [2.05, 4.69) is 19.2 Å². The van der Waals surface area contributed by atoms with E-state index in [-0.39, 0.29) is 6.42 Å². The van der Waals surface area contributed by atoms with Crippen LogP contribution in [0.5, 0.6) is 0 Å². The Bertz CT molecular complexity index is 737. The second kappa shape index (κ2) is 25.7. The van der Waals surface area contributed by atoms with Crippen molar-refractivity contribution in [2.75, 3.05) is 5.75 Å². The number of aliphatic hydroxyl groups excluding tert-OH is 2. The molecule has 1 amide bonds. The third-order valence-electron chi connectivity index (χ3n) is 6.99. The molecule has 0 fully saturated rings. The smallest absolute Gasteiger partial charge is 0.267 e. The van der Waals surface area contributed by atoms with E-state index in [9.17, 15) is 28.0 Å². The van der Waals surface area contributed by atoms with Gasteiger partial charge in [0.1, 0.15) is 6.10 Å². The Labute approximate surface area is 239 Å². The second-order valence-electron chi connectivity index (χ2n) is 10.9. The van der Waals surface area contributed by atoms with Crippen molar-refractivity contribution in [1.82, 2.24) is 5.32 Å². The number of carbonyl (C=O) groups is 1. The van der Waals surface area contributed by atoms with Crippen LogP contribution in [0.25, 0.3) is 0 Å². The first-order valence-corrected chi connectivity index (χ1v) is 17.3. The lowest BCUT2D eigenvalue weighted by molar-refractivity contribution is -0.130. The average molecular weight is 574 g/mol. The lowest BCUT2D eigenvalue weighted by Gasteiger charge is -2.22. The third kappa shape index (κ3) is 25.5. The SMILES string of the molecule is CCCCCC/C=C\CCC(O)C(=O)NC(CS(=O)(=O)O)C(O)/C=C/CCCCCCCCCCCCCC. The molecule has 0 aromatic rings. The molecule has 0 aliphatic rings. The van der Waals surface area contributed by atoms with Crippen LogP contribution in [-0.4, -0.2) is 53.1 Å². The van der Waals surface area contributed by atoms with E-state index in [4.69, 9.17) is 0 Å². The van der Waals surface area contributed by atoms with Gasteiger partial charge in [-0.2, -0.15) is 8.42 Å². The molecule has 0 aliphatic carbocycles. The van der Waals surface area contributed by atoms with E-state index in [1.807, 2.05) is 12.2 Å². The maximum atomic E-state index is 12.4. The minimum atomic E-state index is -4.43. The molecule has 0 aromatic carbocycles. The van der Waals surface area contributed by atoms with Gasteiger partial charge in [-0.15, -0.1) is 0 Å². The second-order valence-corrected chi connectivity index (χ2v) is 12.4. The van der Waals surface area contributed by atoms with Gasteiger partial charge in [-0.1, -0.05) is 128 Å². The number of allylic oxidation sites excluding steroid dienone is 3. The van der Waals surface area contributed by atoms with E-state index < -0.39 is 40.0 Å². The van der Waals surface area contributed by atoms with E-state index in [1.165, 1.54) is 89.5 Å². The highest BCUT2D eigenvalue weighted by atomic mass is 32.2. The number of carbonyl (C=O) groups excluding carboxylic acids is 1. The van der Waals surface area contributed by atoms with Crippen LogP contribution in [0.15, 0.2) is 24.3 Å². The molecule has 0 heterocycles. The lowest BCUT2D eigenvalue weighted by Crippen LogP contribution is -2.50. The fourth-order valence-corrected chi connectivity index (χ4v) is 5.25. The van der Waals surface area contributed by atoms with Gasteiger partial charge in [0, 0.05) is 0 Å². The molecule has 0 rings (SSSR count). The molecule has 230 valence electrons. The van der Waals surface area contributed by atoms with Crippen LogP contribution in [0.1, 0.15) is 142 Å². The zero-order chi connectivity index (χ0) is 29.2. The Balaban J connectivity index is 4.26. The summed E-state index contributed by atoms with van der Waals surface area (Å²) in [5.74, 6) is -1.58. The van der Waals surface area contributed by atoms with Gasteiger partial charge >= 0.3 is 0 Å². The van der Waals surface area contributed by atoms with Gasteiger partial charge in [0.15, 0.2) is 0 Å². The fraction of sp³-hybridized carbons (Fsp3) is 0.839. The van der Waals surface area contributed by atoms with Crippen LogP contribution in [0.3, 0.4) is 0 Å². The van der Waals surface area contributed by atoms with Crippen LogP contribution < -0.4 is 5.32 Å². The van der Waals surface area contributed by atoms with Crippen molar-refractivity contribution in [3.8, 4) is 0 Å². The summed E-state index contributed by atoms with van der Waals surface area (Å²) in [4.78, 5) is 12.4. The van der Waals surface area contributed by atoms with E-state index in [0.717, 1.165) is 32.1 Å². The molecular formula is C31H59NO6S. The molecule has 0 aromatic heterocycles. The maximum Gasteiger partial charge on any atom is 0.267 e. The summed E-state index contributed by atoms with van der Waals surface area (Å²) >= 11 is 0. The number of hydrogen-bond acceptors (Lipinski definition) is 5. The number of rotatable bonds is 27. The van der Waals surface area contributed by atoms with E-state index in [0.29, 0.717) is 6.42 Å². The molecule has 7 nitrogen and oxygen atoms in total. The first-order chi connectivity index (χ1) is 18.7. The standard InChI is InChI=1S/C31H59NO6S/c1-3-5-7-9-11-13-14-15-16-17-18-20-21-23-25-29(33)28(27-39(36,37)38)32-31(35)30(34)26-24-22-19-12-10-8-6-4-2/h19,22-23,25,28-30,33-34H,3-18,20-21,24,26-27H2,1-2H3,(H,32,35)(H,36,37,38)/b22-19-,25-23+. The summed E-state index contributed by atoms with van der Waals surface area (Å²) < 4.78 is 32.1. The summed E-state index contributed by atoms with van der Waals surface area (Å²) in [6.45, 7) is 4.40. The number of hydrogen-bond donors (Lipinski definition) is 4. The normalized spacial score (nSPS) is 14.7. The van der Waals surface area contributed by atoms with Gasteiger partial charge in [-0.05, 0) is 38.5 Å². The maximum absolute atomic E-state index is 12.4. The highest BCUT2D eigenvalue weighted by Gasteiger charge is 2.27. The molecule has 0 bridgehead atoms. The molecule has 3 atom stereocenters. The van der Waals surface area contributed by atoms with Crippen molar-refractivity contribution in [3.05, 3.63) is 24.3 Å². The quantitative estimate of drug-likeness (QED) is 0.0475. The van der Waals surface area contributed by atoms with Gasteiger partial charge in [0.2, 0.25) is 5.91 Å². The van der Waals surface area contributed by atoms with E-state index >= 15 is 0 Å². The average Bonchev–Trinajstić information content (AvgIpc) is 2.88. The van der Waals surface area contributed by atoms with Crippen molar-refractivity contribution in [3.63, 3.8) is 0 Å². The Morgan fingerprint density at radius 2 is 1.13 bits per heavy atom. The summed E-state index contributed by atoms with van der Waals surface area (Å²) in [7, 11) is -4.43. The van der Waals surface area contributed by atoms with Crippen LogP contribution >= 0.6 is 0 Å². The van der Waals surface area contributed by atoms with Gasteiger partial charge in [0.25, 0.3) is 10.1 Å². The Morgan fingerprint density at radius 3 is 1.64 bits per heavy atom. The molecule has 39 heavy (non-hydrogen) atoms. The monoisotopic (exact) mass is 573 g/mol. The molecule has 0 saturated heterocycles. The minimum Gasteiger partial charge on any atom is -0.387 e. The minimum absolute atomic E-state index is 0.195. The first-order valence-electron chi connectivity index (χ1n) is 15.6. The van der Waals surface area contributed by atoms with Gasteiger partial charge in [-0.25, -0.2) is 0 Å². The Morgan fingerprint density at radius 1 is 0.692 bits per heavy atom. The number of aliphatic hydroxyl groups is 2. The van der Waals surface area contributed by atoms with E-state index in [1.54, 1.807) is 6.08 Å². The topological polar surface area (TPSA) is 124 Å².